The molecule has 0 aromatic heterocycles. The molecule has 31 heavy (non-hydrogen) atoms. The van der Waals surface area contributed by atoms with Crippen molar-refractivity contribution < 1.29 is 32.6 Å². The van der Waals surface area contributed by atoms with Gasteiger partial charge in [-0.1, -0.05) is 11.6 Å². The first-order chi connectivity index (χ1) is 14.7. The Morgan fingerprint density at radius 2 is 1.94 bits per heavy atom. The maximum Gasteiger partial charge on any atom is 0.294 e. The summed E-state index contributed by atoms with van der Waals surface area (Å²) in [5.41, 5.74) is 0.208. The minimum Gasteiger partial charge on any atom is -0.493 e. The lowest BCUT2D eigenvalue weighted by Crippen LogP contribution is -2.36. The van der Waals surface area contributed by atoms with Crippen molar-refractivity contribution in [1.29, 1.82) is 0 Å². The highest BCUT2D eigenvalue weighted by atomic mass is 35.5. The Morgan fingerprint density at radius 1 is 1.19 bits per heavy atom. The summed E-state index contributed by atoms with van der Waals surface area (Å²) < 4.78 is 37.0. The molecule has 1 aliphatic rings. The van der Waals surface area contributed by atoms with Crippen LogP contribution in [-0.2, 0) is 9.59 Å². The first kappa shape index (κ1) is 22.6. The number of thioether (sulfide) groups is 1. The fourth-order valence-electron chi connectivity index (χ4n) is 2.73. The summed E-state index contributed by atoms with van der Waals surface area (Å²) in [6.45, 7) is -0.633. The summed E-state index contributed by atoms with van der Waals surface area (Å²) in [6, 6.07) is 5.71. The molecule has 1 N–H and O–H groups in total. The lowest BCUT2D eigenvalue weighted by Gasteiger charge is -2.13. The Kier molecular flexibility index (Phi) is 6.81. The number of rotatable bonds is 6. The summed E-state index contributed by atoms with van der Waals surface area (Å²) in [7, 11) is 2.85. The number of halogens is 3. The largest absolute Gasteiger partial charge is 0.493 e. The molecule has 0 spiro atoms. The van der Waals surface area contributed by atoms with Gasteiger partial charge in [-0.3, -0.25) is 19.3 Å². The maximum absolute atomic E-state index is 13.7. The number of imide groups is 1. The van der Waals surface area contributed by atoms with Crippen LogP contribution in [0.3, 0.4) is 0 Å². The smallest absolute Gasteiger partial charge is 0.294 e. The molecule has 2 aromatic rings. The quantitative estimate of drug-likeness (QED) is 0.636. The lowest BCUT2D eigenvalue weighted by molar-refractivity contribution is -0.127. The van der Waals surface area contributed by atoms with Crippen LogP contribution in [0.15, 0.2) is 35.2 Å². The van der Waals surface area contributed by atoms with E-state index < -0.39 is 35.2 Å². The molecule has 3 rings (SSSR count). The van der Waals surface area contributed by atoms with Crippen molar-refractivity contribution in [3.8, 4) is 11.5 Å². The van der Waals surface area contributed by atoms with E-state index >= 15 is 0 Å². The predicted octanol–water partition coefficient (Wildman–Crippen LogP) is 4.31. The number of hydrogen-bond acceptors (Lipinski definition) is 6. The van der Waals surface area contributed by atoms with Gasteiger partial charge in [0.2, 0.25) is 5.91 Å². The summed E-state index contributed by atoms with van der Waals surface area (Å²) in [6.07, 6.45) is 1.43. The Labute approximate surface area is 184 Å². The van der Waals surface area contributed by atoms with E-state index in [1.54, 1.807) is 6.07 Å². The highest BCUT2D eigenvalue weighted by Gasteiger charge is 2.36. The number of anilines is 1. The van der Waals surface area contributed by atoms with Crippen LogP contribution in [0.1, 0.15) is 5.56 Å². The van der Waals surface area contributed by atoms with Crippen molar-refractivity contribution in [2.45, 2.75) is 0 Å². The molecule has 0 unspecified atom stereocenters. The zero-order valence-electron chi connectivity index (χ0n) is 16.2. The van der Waals surface area contributed by atoms with Crippen LogP contribution < -0.4 is 14.8 Å². The average Bonchev–Trinajstić information content (AvgIpc) is 2.97. The van der Waals surface area contributed by atoms with Crippen molar-refractivity contribution in [1.82, 2.24) is 4.90 Å². The van der Waals surface area contributed by atoms with E-state index in [4.69, 9.17) is 21.1 Å². The van der Waals surface area contributed by atoms with Gasteiger partial charge in [0.25, 0.3) is 11.1 Å². The van der Waals surface area contributed by atoms with Gasteiger partial charge in [0.15, 0.2) is 11.5 Å². The normalized spacial score (nSPS) is 14.9. The number of carbonyl (C=O) groups excluding carboxylic acids is 3. The Hall–Kier alpha value is -3.11. The van der Waals surface area contributed by atoms with Crippen LogP contribution in [0.5, 0.6) is 11.5 Å². The summed E-state index contributed by atoms with van der Waals surface area (Å²) in [5, 5.41) is 1.78. The molecule has 0 aliphatic carbocycles. The number of amides is 3. The van der Waals surface area contributed by atoms with Gasteiger partial charge < -0.3 is 14.8 Å². The van der Waals surface area contributed by atoms with Gasteiger partial charge in [0.05, 0.1) is 29.8 Å². The minimum absolute atomic E-state index is 0.0639. The van der Waals surface area contributed by atoms with E-state index in [2.05, 4.69) is 5.32 Å². The van der Waals surface area contributed by atoms with Crippen molar-refractivity contribution in [3.05, 3.63) is 57.5 Å². The molecule has 1 saturated heterocycles. The molecular weight excluding hydrogens is 454 g/mol. The van der Waals surface area contributed by atoms with Gasteiger partial charge in [-0.2, -0.15) is 0 Å². The van der Waals surface area contributed by atoms with Crippen LogP contribution in [0.4, 0.5) is 19.3 Å². The Morgan fingerprint density at radius 3 is 2.58 bits per heavy atom. The monoisotopic (exact) mass is 468 g/mol. The molecule has 1 aliphatic heterocycles. The highest BCUT2D eigenvalue weighted by Crippen LogP contribution is 2.38. The molecular formula is C20H15ClF2N2O5S. The average molecular weight is 469 g/mol. The number of nitrogens with zero attached hydrogens (tertiary/aromatic N) is 1. The van der Waals surface area contributed by atoms with E-state index in [1.807, 2.05) is 0 Å². The van der Waals surface area contributed by atoms with Crippen molar-refractivity contribution in [2.24, 2.45) is 0 Å². The topological polar surface area (TPSA) is 84.9 Å². The third kappa shape index (κ3) is 4.97. The first-order valence-electron chi connectivity index (χ1n) is 8.65. The van der Waals surface area contributed by atoms with E-state index in [0.29, 0.717) is 34.9 Å². The molecule has 0 bridgehead atoms. The van der Waals surface area contributed by atoms with Gasteiger partial charge in [0, 0.05) is 6.07 Å². The van der Waals surface area contributed by atoms with Crippen LogP contribution in [-0.4, -0.2) is 42.7 Å². The van der Waals surface area contributed by atoms with Crippen LogP contribution in [0.2, 0.25) is 5.02 Å². The second-order valence-corrected chi connectivity index (χ2v) is 7.58. The second kappa shape index (κ2) is 9.36. The molecule has 7 nitrogen and oxygen atoms in total. The molecule has 0 radical (unpaired) electrons. The number of hydrogen-bond donors (Lipinski definition) is 1. The van der Waals surface area contributed by atoms with E-state index in [0.717, 1.165) is 17.0 Å². The number of benzene rings is 2. The minimum atomic E-state index is -0.979. The van der Waals surface area contributed by atoms with Crippen LogP contribution in [0.25, 0.3) is 6.08 Å². The fourth-order valence-corrected chi connectivity index (χ4v) is 3.87. The third-order valence-electron chi connectivity index (χ3n) is 4.13. The van der Waals surface area contributed by atoms with Gasteiger partial charge >= 0.3 is 0 Å². The molecule has 11 heteroatoms. The first-order valence-corrected chi connectivity index (χ1v) is 9.84. The zero-order chi connectivity index (χ0) is 22.7. The standard InChI is InChI=1S/C20H15ClF2N2O5S/c1-29-15-6-10(5-12(21)18(15)30-2)7-16-19(27)25(20(28)31-16)9-17(26)24-14-4-3-11(22)8-13(14)23/h3-8H,9H2,1-2H3,(H,24,26)/b16-7-. The van der Waals surface area contributed by atoms with Gasteiger partial charge in [-0.05, 0) is 47.7 Å². The molecule has 1 fully saturated rings. The van der Waals surface area contributed by atoms with E-state index in [-0.39, 0.29) is 15.6 Å². The molecule has 3 amide bonds. The molecule has 2 aromatic carbocycles. The third-order valence-corrected chi connectivity index (χ3v) is 5.32. The zero-order valence-corrected chi connectivity index (χ0v) is 17.8. The Bertz CT molecular complexity index is 1110. The molecule has 0 atom stereocenters. The highest BCUT2D eigenvalue weighted by molar-refractivity contribution is 8.18. The summed E-state index contributed by atoms with van der Waals surface area (Å²) in [4.78, 5) is 37.8. The molecule has 0 saturated carbocycles. The van der Waals surface area contributed by atoms with E-state index in [1.165, 1.54) is 26.4 Å². The van der Waals surface area contributed by atoms with Crippen molar-refractivity contribution in [2.75, 3.05) is 26.1 Å². The SMILES string of the molecule is COc1cc(/C=C2\SC(=O)N(CC(=O)Nc3ccc(F)cc3F)C2=O)cc(Cl)c1OC. The maximum atomic E-state index is 13.7. The van der Waals surface area contributed by atoms with Gasteiger partial charge in [0.1, 0.15) is 18.2 Å². The number of nitrogens with one attached hydrogen (secondary N) is 1. The number of carbonyl (C=O) groups is 3. The van der Waals surface area contributed by atoms with Gasteiger partial charge in [-0.15, -0.1) is 0 Å². The van der Waals surface area contributed by atoms with Crippen molar-refractivity contribution in [3.63, 3.8) is 0 Å². The fraction of sp³-hybridized carbons (Fsp3) is 0.150. The lowest BCUT2D eigenvalue weighted by atomic mass is 10.2. The van der Waals surface area contributed by atoms with Crippen molar-refractivity contribution >= 4 is 52.2 Å². The van der Waals surface area contributed by atoms with Crippen LogP contribution in [0, 0.1) is 11.6 Å². The molecule has 1 heterocycles. The van der Waals surface area contributed by atoms with Gasteiger partial charge in [-0.25, -0.2) is 8.78 Å². The summed E-state index contributed by atoms with van der Waals surface area (Å²) >= 11 is 6.79. The Balaban J connectivity index is 1.76. The van der Waals surface area contributed by atoms with Crippen LogP contribution >= 0.6 is 23.4 Å². The van der Waals surface area contributed by atoms with E-state index in [9.17, 15) is 23.2 Å². The number of ether oxygens (including phenoxy) is 2. The number of methoxy groups -OCH3 is 2. The summed E-state index contributed by atoms with van der Waals surface area (Å²) in [5.74, 6) is -2.64. The second-order valence-electron chi connectivity index (χ2n) is 6.18. The predicted molar refractivity (Wildman–Crippen MR) is 112 cm³/mol. The molecule has 162 valence electrons.